The van der Waals surface area contributed by atoms with Crippen molar-refractivity contribution in [1.29, 1.82) is 0 Å². The van der Waals surface area contributed by atoms with Crippen LogP contribution in [0.15, 0.2) is 42.5 Å². The molecule has 1 aliphatic rings. The van der Waals surface area contributed by atoms with E-state index in [1.54, 1.807) is 6.07 Å². The smallest absolute Gasteiger partial charge is 0.183 e. The molecule has 3 aromatic rings. The first-order valence-corrected chi connectivity index (χ1v) is 10.3. The molecule has 2 heterocycles. The standard InChI is InChI=1S/C20H22ClFN4S.BrH/c21-16-3-1-15(2-4-16)14-26-11-9-25(10-12-26)8-7-23-20-24-18-6-5-17(22)13-19(18)27-20;/h1-6,13H,7-12,14H2,(H,23,24);1H. The highest BCUT2D eigenvalue weighted by Crippen LogP contribution is 2.26. The Labute approximate surface area is 184 Å². The van der Waals surface area contributed by atoms with Gasteiger partial charge in [0, 0.05) is 50.8 Å². The molecule has 0 atom stereocenters. The van der Waals surface area contributed by atoms with Crippen LogP contribution in [0.2, 0.25) is 5.02 Å². The molecule has 1 fully saturated rings. The number of thiazole rings is 1. The number of halogens is 3. The van der Waals surface area contributed by atoms with Crippen molar-refractivity contribution < 1.29 is 4.39 Å². The SMILES string of the molecule is Br.Fc1ccc2nc(NCCN3CCN(Cc4ccc(Cl)cc4)CC3)sc2c1. The molecule has 0 unspecified atom stereocenters. The van der Waals surface area contributed by atoms with E-state index in [2.05, 4.69) is 32.2 Å². The average Bonchev–Trinajstić information content (AvgIpc) is 3.07. The van der Waals surface area contributed by atoms with Gasteiger partial charge in [-0.25, -0.2) is 9.37 Å². The van der Waals surface area contributed by atoms with Gasteiger partial charge in [-0.15, -0.1) is 17.0 Å². The van der Waals surface area contributed by atoms with Gasteiger partial charge in [0.05, 0.1) is 10.2 Å². The lowest BCUT2D eigenvalue weighted by atomic mass is 10.2. The summed E-state index contributed by atoms with van der Waals surface area (Å²) in [6.45, 7) is 7.09. The number of benzene rings is 2. The molecule has 1 N–H and O–H groups in total. The number of hydrogen-bond acceptors (Lipinski definition) is 5. The summed E-state index contributed by atoms with van der Waals surface area (Å²) in [7, 11) is 0. The lowest BCUT2D eigenvalue weighted by Gasteiger charge is -2.34. The second-order valence-electron chi connectivity index (χ2n) is 6.80. The fraction of sp³-hybridized carbons (Fsp3) is 0.350. The van der Waals surface area contributed by atoms with E-state index in [4.69, 9.17) is 11.6 Å². The largest absolute Gasteiger partial charge is 0.360 e. The molecule has 28 heavy (non-hydrogen) atoms. The van der Waals surface area contributed by atoms with Gasteiger partial charge in [-0.2, -0.15) is 0 Å². The summed E-state index contributed by atoms with van der Waals surface area (Å²) in [6.07, 6.45) is 0. The summed E-state index contributed by atoms with van der Waals surface area (Å²) < 4.78 is 14.2. The zero-order chi connectivity index (χ0) is 18.6. The fourth-order valence-corrected chi connectivity index (χ4v) is 4.36. The van der Waals surface area contributed by atoms with E-state index in [1.807, 2.05) is 12.1 Å². The fourth-order valence-electron chi connectivity index (χ4n) is 3.31. The molecule has 4 rings (SSSR count). The van der Waals surface area contributed by atoms with Crippen molar-refractivity contribution >= 4 is 55.3 Å². The summed E-state index contributed by atoms with van der Waals surface area (Å²) in [5, 5.41) is 5.02. The van der Waals surface area contributed by atoms with E-state index in [0.717, 1.165) is 66.2 Å². The Morgan fingerprint density at radius 2 is 1.75 bits per heavy atom. The lowest BCUT2D eigenvalue weighted by Crippen LogP contribution is -2.47. The van der Waals surface area contributed by atoms with Crippen LogP contribution in [-0.2, 0) is 6.54 Å². The third kappa shape index (κ3) is 5.64. The monoisotopic (exact) mass is 484 g/mol. The second kappa shape index (κ2) is 9.98. The molecule has 2 aromatic carbocycles. The maximum Gasteiger partial charge on any atom is 0.183 e. The lowest BCUT2D eigenvalue weighted by molar-refractivity contribution is 0.130. The van der Waals surface area contributed by atoms with Crippen molar-refractivity contribution in [2.24, 2.45) is 0 Å². The Balaban J connectivity index is 0.00000225. The number of aromatic nitrogens is 1. The third-order valence-electron chi connectivity index (χ3n) is 4.84. The molecular weight excluding hydrogens is 463 g/mol. The van der Waals surface area contributed by atoms with Crippen molar-refractivity contribution in [3.63, 3.8) is 0 Å². The van der Waals surface area contributed by atoms with Gasteiger partial charge in [-0.1, -0.05) is 35.1 Å². The van der Waals surface area contributed by atoms with Gasteiger partial charge in [-0.3, -0.25) is 9.80 Å². The van der Waals surface area contributed by atoms with Crippen LogP contribution in [0.25, 0.3) is 10.2 Å². The predicted molar refractivity (Wildman–Crippen MR) is 122 cm³/mol. The summed E-state index contributed by atoms with van der Waals surface area (Å²) >= 11 is 7.45. The zero-order valence-electron chi connectivity index (χ0n) is 15.4. The Hall–Kier alpha value is -1.25. The molecule has 150 valence electrons. The Morgan fingerprint density at radius 1 is 1.04 bits per heavy atom. The van der Waals surface area contributed by atoms with Gasteiger partial charge in [-0.05, 0) is 35.9 Å². The highest BCUT2D eigenvalue weighted by Gasteiger charge is 2.16. The molecule has 1 saturated heterocycles. The Morgan fingerprint density at radius 3 is 2.50 bits per heavy atom. The number of hydrogen-bond donors (Lipinski definition) is 1. The number of piperazine rings is 1. The topological polar surface area (TPSA) is 31.4 Å². The summed E-state index contributed by atoms with van der Waals surface area (Å²) in [6, 6.07) is 12.8. The summed E-state index contributed by atoms with van der Waals surface area (Å²) in [5.41, 5.74) is 2.15. The minimum absolute atomic E-state index is 0. The molecule has 1 aliphatic heterocycles. The molecular formula is C20H23BrClFN4S. The molecule has 0 radical (unpaired) electrons. The van der Waals surface area contributed by atoms with E-state index >= 15 is 0 Å². The van der Waals surface area contributed by atoms with Crippen LogP contribution in [0, 0.1) is 5.82 Å². The molecule has 0 aliphatic carbocycles. The van der Waals surface area contributed by atoms with E-state index < -0.39 is 0 Å². The van der Waals surface area contributed by atoms with Crippen LogP contribution < -0.4 is 5.32 Å². The Kier molecular flexibility index (Phi) is 7.65. The molecule has 0 saturated carbocycles. The summed E-state index contributed by atoms with van der Waals surface area (Å²) in [4.78, 5) is 9.46. The summed E-state index contributed by atoms with van der Waals surface area (Å²) in [5.74, 6) is -0.214. The van der Waals surface area contributed by atoms with E-state index in [-0.39, 0.29) is 22.8 Å². The van der Waals surface area contributed by atoms with Gasteiger partial charge >= 0.3 is 0 Å². The van der Waals surface area contributed by atoms with Crippen LogP contribution in [-0.4, -0.2) is 54.1 Å². The number of rotatable bonds is 6. The highest BCUT2D eigenvalue weighted by atomic mass is 79.9. The number of fused-ring (bicyclic) bond motifs is 1. The zero-order valence-corrected chi connectivity index (χ0v) is 18.7. The highest BCUT2D eigenvalue weighted by molar-refractivity contribution is 8.93. The first-order chi connectivity index (χ1) is 13.2. The maximum atomic E-state index is 13.3. The minimum atomic E-state index is -0.214. The van der Waals surface area contributed by atoms with Crippen molar-refractivity contribution in [3.8, 4) is 0 Å². The number of anilines is 1. The van der Waals surface area contributed by atoms with Gasteiger partial charge in [0.2, 0.25) is 0 Å². The predicted octanol–water partition coefficient (Wildman–Crippen LogP) is 4.90. The molecule has 1 aromatic heterocycles. The first-order valence-electron chi connectivity index (χ1n) is 9.15. The third-order valence-corrected chi connectivity index (χ3v) is 6.07. The van der Waals surface area contributed by atoms with Crippen LogP contribution in [0.3, 0.4) is 0 Å². The maximum absolute atomic E-state index is 13.3. The average molecular weight is 486 g/mol. The Bertz CT molecular complexity index is 897. The number of nitrogens with one attached hydrogen (secondary N) is 1. The van der Waals surface area contributed by atoms with E-state index in [0.29, 0.717) is 0 Å². The van der Waals surface area contributed by atoms with Crippen LogP contribution in [0.5, 0.6) is 0 Å². The van der Waals surface area contributed by atoms with Gasteiger partial charge in [0.25, 0.3) is 0 Å². The van der Waals surface area contributed by atoms with Crippen LogP contribution >= 0.6 is 39.9 Å². The molecule has 0 amide bonds. The number of nitrogens with zero attached hydrogens (tertiary/aromatic N) is 3. The van der Waals surface area contributed by atoms with Crippen LogP contribution in [0.4, 0.5) is 9.52 Å². The van der Waals surface area contributed by atoms with E-state index in [9.17, 15) is 4.39 Å². The van der Waals surface area contributed by atoms with Crippen LogP contribution in [0.1, 0.15) is 5.56 Å². The van der Waals surface area contributed by atoms with Gasteiger partial charge < -0.3 is 5.32 Å². The van der Waals surface area contributed by atoms with Crippen molar-refractivity contribution in [2.45, 2.75) is 6.54 Å². The normalized spacial score (nSPS) is 15.5. The molecule has 4 nitrogen and oxygen atoms in total. The second-order valence-corrected chi connectivity index (χ2v) is 8.27. The molecule has 0 bridgehead atoms. The van der Waals surface area contributed by atoms with Crippen molar-refractivity contribution in [1.82, 2.24) is 14.8 Å². The molecule has 8 heteroatoms. The quantitative estimate of drug-likeness (QED) is 0.538. The van der Waals surface area contributed by atoms with Crippen molar-refractivity contribution in [3.05, 3.63) is 58.9 Å². The van der Waals surface area contributed by atoms with Gasteiger partial charge in [0.15, 0.2) is 5.13 Å². The minimum Gasteiger partial charge on any atom is -0.360 e. The first kappa shape index (κ1) is 21.5. The van der Waals surface area contributed by atoms with E-state index in [1.165, 1.54) is 29.0 Å². The van der Waals surface area contributed by atoms with Crippen molar-refractivity contribution in [2.75, 3.05) is 44.6 Å². The molecule has 0 spiro atoms. The van der Waals surface area contributed by atoms with Gasteiger partial charge in [0.1, 0.15) is 5.82 Å².